The third-order valence-electron chi connectivity index (χ3n) is 5.11. The maximum Gasteiger partial charge on any atom is 0.252 e. The summed E-state index contributed by atoms with van der Waals surface area (Å²) in [6.45, 7) is 2.39. The Bertz CT molecular complexity index is 1080. The smallest absolute Gasteiger partial charge is 0.252 e. The average Bonchev–Trinajstić information content (AvgIpc) is 3.13. The topological polar surface area (TPSA) is 97.8 Å². The second-order valence-electron chi connectivity index (χ2n) is 7.26. The molecule has 0 aliphatic carbocycles. The van der Waals surface area contributed by atoms with Gasteiger partial charge in [-0.15, -0.1) is 0 Å². The van der Waals surface area contributed by atoms with Gasteiger partial charge in [-0.05, 0) is 31.0 Å². The monoisotopic (exact) mass is 445 g/mol. The molecular weight excluding hydrogens is 422 g/mol. The van der Waals surface area contributed by atoms with E-state index in [0.717, 1.165) is 37.0 Å². The SMILES string of the molecule is Cn1ncc2cc(C(N)=O)c(Oc3ccc(OCCOC4CCOCC4)cc3Cl)cc21. The normalized spacial score (nSPS) is 14.6. The molecule has 2 heterocycles. The van der Waals surface area contributed by atoms with E-state index < -0.39 is 5.91 Å². The fraction of sp³-hybridized carbons (Fsp3) is 0.364. The van der Waals surface area contributed by atoms with Crippen molar-refractivity contribution in [2.24, 2.45) is 12.8 Å². The molecule has 1 amide bonds. The van der Waals surface area contributed by atoms with Gasteiger partial charge in [-0.25, -0.2) is 0 Å². The van der Waals surface area contributed by atoms with Crippen LogP contribution in [0.5, 0.6) is 17.2 Å². The lowest BCUT2D eigenvalue weighted by atomic mass is 10.1. The lowest BCUT2D eigenvalue weighted by molar-refractivity contribution is -0.0388. The number of fused-ring (bicyclic) bond motifs is 1. The molecule has 1 aliphatic heterocycles. The molecule has 2 N–H and O–H groups in total. The lowest BCUT2D eigenvalue weighted by Crippen LogP contribution is -2.25. The van der Waals surface area contributed by atoms with Crippen LogP contribution in [0.15, 0.2) is 36.5 Å². The number of amides is 1. The van der Waals surface area contributed by atoms with Gasteiger partial charge in [0.1, 0.15) is 23.9 Å². The minimum absolute atomic E-state index is 0.230. The standard InChI is InChI=1S/C22H24ClN3O5/c1-26-19-12-21(17(22(24)27)10-14(19)13-25-26)31-20-3-2-16(11-18(20)23)30-9-8-29-15-4-6-28-7-5-15/h2-3,10-13,15H,4-9H2,1H3,(H2,24,27). The Balaban J connectivity index is 1.42. The van der Waals surface area contributed by atoms with Crippen molar-refractivity contribution in [3.8, 4) is 17.2 Å². The maximum absolute atomic E-state index is 11.9. The van der Waals surface area contributed by atoms with Gasteiger partial charge in [0.2, 0.25) is 0 Å². The van der Waals surface area contributed by atoms with E-state index >= 15 is 0 Å². The minimum Gasteiger partial charge on any atom is -0.491 e. The molecule has 2 aromatic carbocycles. The van der Waals surface area contributed by atoms with Gasteiger partial charge >= 0.3 is 0 Å². The van der Waals surface area contributed by atoms with Gasteiger partial charge in [0.05, 0.1) is 35.0 Å². The molecule has 0 radical (unpaired) electrons. The van der Waals surface area contributed by atoms with Crippen LogP contribution in [0.3, 0.4) is 0 Å². The van der Waals surface area contributed by atoms with Crippen molar-refractivity contribution in [1.29, 1.82) is 0 Å². The van der Waals surface area contributed by atoms with E-state index in [0.29, 0.717) is 35.5 Å². The third-order valence-corrected chi connectivity index (χ3v) is 5.41. The Morgan fingerprint density at radius 2 is 2.03 bits per heavy atom. The summed E-state index contributed by atoms with van der Waals surface area (Å²) in [5, 5.41) is 5.33. The molecule has 0 atom stereocenters. The highest BCUT2D eigenvalue weighted by atomic mass is 35.5. The number of halogens is 1. The molecule has 0 unspecified atom stereocenters. The summed E-state index contributed by atoms with van der Waals surface area (Å²) < 4.78 is 24.5. The average molecular weight is 446 g/mol. The second-order valence-corrected chi connectivity index (χ2v) is 7.67. The van der Waals surface area contributed by atoms with E-state index in [1.807, 2.05) is 0 Å². The number of hydrogen-bond acceptors (Lipinski definition) is 6. The number of aromatic nitrogens is 2. The molecule has 1 aliphatic rings. The molecule has 8 nitrogen and oxygen atoms in total. The molecule has 1 aromatic heterocycles. The van der Waals surface area contributed by atoms with E-state index in [1.165, 1.54) is 0 Å². The van der Waals surface area contributed by atoms with Crippen molar-refractivity contribution < 1.29 is 23.7 Å². The fourth-order valence-corrected chi connectivity index (χ4v) is 3.66. The molecule has 1 saturated heterocycles. The number of nitrogens with two attached hydrogens (primary N) is 1. The molecular formula is C22H24ClN3O5. The zero-order chi connectivity index (χ0) is 21.8. The first-order valence-corrected chi connectivity index (χ1v) is 10.4. The summed E-state index contributed by atoms with van der Waals surface area (Å²) in [5.41, 5.74) is 6.59. The molecule has 0 spiro atoms. The Labute approximate surface area is 184 Å². The highest BCUT2D eigenvalue weighted by molar-refractivity contribution is 6.32. The Kier molecular flexibility index (Phi) is 6.60. The molecule has 3 aromatic rings. The van der Waals surface area contributed by atoms with Gasteiger partial charge in [0, 0.05) is 37.8 Å². The Morgan fingerprint density at radius 1 is 1.23 bits per heavy atom. The Hall–Kier alpha value is -2.81. The zero-order valence-electron chi connectivity index (χ0n) is 17.2. The highest BCUT2D eigenvalue weighted by Crippen LogP contribution is 2.35. The quantitative estimate of drug-likeness (QED) is 0.531. The summed E-state index contributed by atoms with van der Waals surface area (Å²) in [4.78, 5) is 11.9. The first-order valence-electron chi connectivity index (χ1n) is 10.1. The molecule has 9 heteroatoms. The molecule has 31 heavy (non-hydrogen) atoms. The van der Waals surface area contributed by atoms with Crippen LogP contribution in [-0.4, -0.2) is 48.2 Å². The first-order chi connectivity index (χ1) is 15.0. The van der Waals surface area contributed by atoms with Crippen molar-refractivity contribution in [3.63, 3.8) is 0 Å². The Morgan fingerprint density at radius 3 is 2.77 bits per heavy atom. The van der Waals surface area contributed by atoms with Gasteiger partial charge in [0.15, 0.2) is 0 Å². The molecule has 0 saturated carbocycles. The zero-order valence-corrected chi connectivity index (χ0v) is 17.9. The van der Waals surface area contributed by atoms with Crippen LogP contribution in [0, 0.1) is 0 Å². The van der Waals surface area contributed by atoms with Crippen LogP contribution in [0.25, 0.3) is 10.9 Å². The number of aryl methyl sites for hydroxylation is 1. The van der Waals surface area contributed by atoms with E-state index in [9.17, 15) is 4.79 Å². The van der Waals surface area contributed by atoms with Crippen LogP contribution in [0.4, 0.5) is 0 Å². The van der Waals surface area contributed by atoms with Crippen molar-refractivity contribution in [3.05, 3.63) is 47.1 Å². The van der Waals surface area contributed by atoms with Gasteiger partial charge in [-0.1, -0.05) is 11.6 Å². The van der Waals surface area contributed by atoms with Gasteiger partial charge in [-0.2, -0.15) is 5.10 Å². The van der Waals surface area contributed by atoms with Crippen LogP contribution >= 0.6 is 11.6 Å². The van der Waals surface area contributed by atoms with Crippen molar-refractivity contribution in [2.45, 2.75) is 18.9 Å². The van der Waals surface area contributed by atoms with Gasteiger partial charge < -0.3 is 24.7 Å². The minimum atomic E-state index is -0.596. The third kappa shape index (κ3) is 5.10. The van der Waals surface area contributed by atoms with Crippen LogP contribution in [0.1, 0.15) is 23.2 Å². The summed E-state index contributed by atoms with van der Waals surface area (Å²) in [6.07, 6.45) is 3.72. The summed E-state index contributed by atoms with van der Waals surface area (Å²) in [6, 6.07) is 8.48. The number of primary amides is 1. The molecule has 0 bridgehead atoms. The number of hydrogen-bond donors (Lipinski definition) is 1. The number of ether oxygens (including phenoxy) is 4. The van der Waals surface area contributed by atoms with Gasteiger partial charge in [-0.3, -0.25) is 9.48 Å². The molecule has 164 valence electrons. The van der Waals surface area contributed by atoms with E-state index in [2.05, 4.69) is 5.10 Å². The highest BCUT2D eigenvalue weighted by Gasteiger charge is 2.16. The number of nitrogens with zero attached hydrogens (tertiary/aromatic N) is 2. The lowest BCUT2D eigenvalue weighted by Gasteiger charge is -2.22. The summed E-state index contributed by atoms with van der Waals surface area (Å²) in [7, 11) is 1.81. The van der Waals surface area contributed by atoms with Crippen molar-refractivity contribution in [1.82, 2.24) is 9.78 Å². The van der Waals surface area contributed by atoms with Crippen molar-refractivity contribution in [2.75, 3.05) is 26.4 Å². The predicted octanol–water partition coefficient (Wildman–Crippen LogP) is 3.69. The summed E-state index contributed by atoms with van der Waals surface area (Å²) >= 11 is 6.39. The molecule has 4 rings (SSSR count). The van der Waals surface area contributed by atoms with E-state index in [4.69, 9.17) is 36.3 Å². The van der Waals surface area contributed by atoms with Crippen LogP contribution in [-0.2, 0) is 16.5 Å². The second kappa shape index (κ2) is 9.55. The first kappa shape index (κ1) is 21.4. The number of carbonyl (C=O) groups excluding carboxylic acids is 1. The largest absolute Gasteiger partial charge is 0.491 e. The number of carbonyl (C=O) groups is 1. The number of rotatable bonds is 8. The van der Waals surface area contributed by atoms with Gasteiger partial charge in [0.25, 0.3) is 5.91 Å². The van der Waals surface area contributed by atoms with Crippen LogP contribution in [0.2, 0.25) is 5.02 Å². The fourth-order valence-electron chi connectivity index (χ4n) is 3.45. The maximum atomic E-state index is 11.9. The van der Waals surface area contributed by atoms with Crippen molar-refractivity contribution >= 4 is 28.4 Å². The van der Waals surface area contributed by atoms with Crippen LogP contribution < -0.4 is 15.2 Å². The molecule has 1 fully saturated rings. The number of benzene rings is 2. The van der Waals surface area contributed by atoms with E-state index in [1.54, 1.807) is 48.3 Å². The summed E-state index contributed by atoms with van der Waals surface area (Å²) in [5.74, 6) is 0.701. The van der Waals surface area contributed by atoms with E-state index in [-0.39, 0.29) is 11.7 Å². The predicted molar refractivity (Wildman–Crippen MR) is 116 cm³/mol.